The molecule has 1 aromatic carbocycles. The highest BCUT2D eigenvalue weighted by Gasteiger charge is 2.16. The molecule has 2 aromatic heterocycles. The molecule has 0 bridgehead atoms. The number of para-hydroxylation sites is 1. The zero-order valence-corrected chi connectivity index (χ0v) is 11.0. The summed E-state index contributed by atoms with van der Waals surface area (Å²) in [7, 11) is 0. The Kier molecular flexibility index (Phi) is 3.07. The maximum absolute atomic E-state index is 10.5. The molecule has 102 valence electrons. The summed E-state index contributed by atoms with van der Waals surface area (Å²) in [5.41, 5.74) is 0.727. The van der Waals surface area contributed by atoms with Crippen molar-refractivity contribution in [1.82, 2.24) is 14.9 Å². The Morgan fingerprint density at radius 3 is 2.95 bits per heavy atom. The van der Waals surface area contributed by atoms with E-state index >= 15 is 0 Å². The van der Waals surface area contributed by atoms with Crippen LogP contribution in [-0.2, 0) is 4.79 Å². The average Bonchev–Trinajstić information content (AvgIpc) is 2.99. The predicted octanol–water partition coefficient (Wildman–Crippen LogP) is 1.58. The second-order valence-corrected chi connectivity index (χ2v) is 4.95. The lowest BCUT2D eigenvalue weighted by atomic mass is 10.2. The minimum atomic E-state index is -0.941. The number of nitrogens with zero attached hydrogens (tertiary/aromatic N) is 3. The Balaban J connectivity index is 1.95. The molecule has 7 nitrogen and oxygen atoms in total. The molecule has 2 heterocycles. The largest absolute Gasteiger partial charge is 0.481 e. The molecular weight excluding hydrogens is 280 g/mol. The lowest BCUT2D eigenvalue weighted by Gasteiger charge is -1.99. The molecule has 8 heteroatoms. The quantitative estimate of drug-likeness (QED) is 0.554. The van der Waals surface area contributed by atoms with E-state index < -0.39 is 5.97 Å². The van der Waals surface area contributed by atoms with Gasteiger partial charge in [-0.25, -0.2) is 4.68 Å². The van der Waals surface area contributed by atoms with Crippen LogP contribution in [-0.4, -0.2) is 31.7 Å². The molecule has 0 unspecified atom stereocenters. The monoisotopic (exact) mass is 290 g/mol. The molecule has 3 aromatic rings. The van der Waals surface area contributed by atoms with Crippen LogP contribution in [0.5, 0.6) is 0 Å². The van der Waals surface area contributed by atoms with E-state index in [1.54, 1.807) is 0 Å². The predicted molar refractivity (Wildman–Crippen MR) is 73.7 cm³/mol. The summed E-state index contributed by atoms with van der Waals surface area (Å²) in [5, 5.41) is 17.7. The van der Waals surface area contributed by atoms with Crippen molar-refractivity contribution in [3.63, 3.8) is 0 Å². The number of carbonyl (C=O) groups is 1. The number of benzene rings is 1. The standard InChI is InChI=1S/C12H10N4O3S/c13-16-11(14-15-12(16)20-6-10(17)18)9-5-7-3-1-2-4-8(7)19-9/h1-5H,6,13H2,(H,17,18). The Morgan fingerprint density at radius 2 is 2.20 bits per heavy atom. The Morgan fingerprint density at radius 1 is 1.40 bits per heavy atom. The highest BCUT2D eigenvalue weighted by molar-refractivity contribution is 7.99. The molecule has 0 saturated carbocycles. The number of carboxylic acids is 1. The van der Waals surface area contributed by atoms with Gasteiger partial charge in [0, 0.05) is 5.39 Å². The second kappa shape index (κ2) is 4.89. The fourth-order valence-electron chi connectivity index (χ4n) is 1.76. The van der Waals surface area contributed by atoms with Crippen LogP contribution in [0.1, 0.15) is 0 Å². The molecule has 0 radical (unpaired) electrons. The number of nitrogen functional groups attached to an aromatic ring is 1. The number of rotatable bonds is 4. The Hall–Kier alpha value is -2.48. The van der Waals surface area contributed by atoms with Gasteiger partial charge in [-0.15, -0.1) is 10.2 Å². The fraction of sp³-hybridized carbons (Fsp3) is 0.0833. The van der Waals surface area contributed by atoms with Gasteiger partial charge in [-0.3, -0.25) is 4.79 Å². The van der Waals surface area contributed by atoms with Crippen molar-refractivity contribution in [2.75, 3.05) is 11.6 Å². The molecule has 0 aliphatic rings. The maximum atomic E-state index is 10.5. The van der Waals surface area contributed by atoms with Crippen molar-refractivity contribution in [1.29, 1.82) is 0 Å². The molecule has 0 spiro atoms. The van der Waals surface area contributed by atoms with Gasteiger partial charge in [-0.1, -0.05) is 30.0 Å². The van der Waals surface area contributed by atoms with Gasteiger partial charge >= 0.3 is 5.97 Å². The summed E-state index contributed by atoms with van der Waals surface area (Å²) >= 11 is 1.00. The number of thioether (sulfide) groups is 1. The first-order chi connectivity index (χ1) is 9.65. The maximum Gasteiger partial charge on any atom is 0.313 e. The smallest absolute Gasteiger partial charge is 0.313 e. The number of furan rings is 1. The zero-order chi connectivity index (χ0) is 14.1. The third-order valence-corrected chi connectivity index (χ3v) is 3.56. The summed E-state index contributed by atoms with van der Waals surface area (Å²) in [6, 6.07) is 9.35. The summed E-state index contributed by atoms with van der Waals surface area (Å²) in [5.74, 6) is 5.64. The number of fused-ring (bicyclic) bond motifs is 1. The van der Waals surface area contributed by atoms with Gasteiger partial charge in [-0.05, 0) is 12.1 Å². The number of nitrogens with two attached hydrogens (primary N) is 1. The third kappa shape index (κ3) is 2.21. The van der Waals surface area contributed by atoms with Crippen molar-refractivity contribution >= 4 is 28.7 Å². The zero-order valence-electron chi connectivity index (χ0n) is 10.2. The first-order valence-electron chi connectivity index (χ1n) is 5.69. The minimum Gasteiger partial charge on any atom is -0.481 e. The molecule has 20 heavy (non-hydrogen) atoms. The topological polar surface area (TPSA) is 107 Å². The normalized spacial score (nSPS) is 11.0. The van der Waals surface area contributed by atoms with Crippen molar-refractivity contribution in [3.05, 3.63) is 30.3 Å². The van der Waals surface area contributed by atoms with E-state index in [2.05, 4.69) is 10.2 Å². The van der Waals surface area contributed by atoms with E-state index in [9.17, 15) is 4.79 Å². The van der Waals surface area contributed by atoms with Crippen LogP contribution < -0.4 is 5.84 Å². The number of hydrogen-bond donors (Lipinski definition) is 2. The molecular formula is C12H10N4O3S. The van der Waals surface area contributed by atoms with Crippen LogP contribution in [0, 0.1) is 0 Å². The number of aliphatic carboxylic acids is 1. The van der Waals surface area contributed by atoms with Crippen molar-refractivity contribution in [2.45, 2.75) is 5.16 Å². The van der Waals surface area contributed by atoms with Gasteiger partial charge in [0.05, 0.1) is 5.75 Å². The molecule has 3 rings (SSSR count). The van der Waals surface area contributed by atoms with Gasteiger partial charge in [0.25, 0.3) is 0 Å². The van der Waals surface area contributed by atoms with Crippen LogP contribution in [0.3, 0.4) is 0 Å². The average molecular weight is 290 g/mol. The van der Waals surface area contributed by atoms with Crippen molar-refractivity contribution < 1.29 is 14.3 Å². The van der Waals surface area contributed by atoms with Crippen molar-refractivity contribution in [2.24, 2.45) is 0 Å². The first-order valence-corrected chi connectivity index (χ1v) is 6.68. The van der Waals surface area contributed by atoms with Crippen LogP contribution in [0.4, 0.5) is 0 Å². The highest BCUT2D eigenvalue weighted by Crippen LogP contribution is 2.27. The van der Waals surface area contributed by atoms with Crippen LogP contribution in [0.15, 0.2) is 39.9 Å². The summed E-state index contributed by atoms with van der Waals surface area (Å²) in [4.78, 5) is 10.5. The molecule has 0 amide bonds. The van der Waals surface area contributed by atoms with Crippen LogP contribution >= 0.6 is 11.8 Å². The van der Waals surface area contributed by atoms with E-state index in [1.165, 1.54) is 4.68 Å². The Bertz CT molecular complexity index is 747. The van der Waals surface area contributed by atoms with Gasteiger partial charge in [0.2, 0.25) is 11.0 Å². The van der Waals surface area contributed by atoms with Gasteiger partial charge in [0.15, 0.2) is 5.76 Å². The van der Waals surface area contributed by atoms with E-state index in [-0.39, 0.29) is 5.75 Å². The number of aromatic nitrogens is 3. The lowest BCUT2D eigenvalue weighted by Crippen LogP contribution is -2.12. The van der Waals surface area contributed by atoms with Gasteiger partial charge in [0.1, 0.15) is 5.58 Å². The summed E-state index contributed by atoms with van der Waals surface area (Å²) in [6.07, 6.45) is 0. The van der Waals surface area contributed by atoms with E-state index in [0.717, 1.165) is 22.7 Å². The molecule has 0 atom stereocenters. The molecule has 0 aliphatic heterocycles. The second-order valence-electron chi connectivity index (χ2n) is 4.01. The Labute approximate surface area is 117 Å². The van der Waals surface area contributed by atoms with Gasteiger partial charge in [-0.2, -0.15) is 0 Å². The van der Waals surface area contributed by atoms with E-state index in [1.807, 2.05) is 30.3 Å². The highest BCUT2D eigenvalue weighted by atomic mass is 32.2. The first kappa shape index (κ1) is 12.5. The van der Waals surface area contributed by atoms with E-state index in [4.69, 9.17) is 15.4 Å². The molecule has 3 N–H and O–H groups in total. The molecule has 0 saturated heterocycles. The van der Waals surface area contributed by atoms with Crippen molar-refractivity contribution in [3.8, 4) is 11.6 Å². The fourth-order valence-corrected chi connectivity index (χ4v) is 2.34. The van der Waals surface area contributed by atoms with Gasteiger partial charge < -0.3 is 15.4 Å². The summed E-state index contributed by atoms with van der Waals surface area (Å²) in [6.45, 7) is 0. The SMILES string of the molecule is Nn1c(SCC(=O)O)nnc1-c1cc2ccccc2o1. The summed E-state index contributed by atoms with van der Waals surface area (Å²) < 4.78 is 6.87. The minimum absolute atomic E-state index is 0.130. The van der Waals surface area contributed by atoms with Crippen LogP contribution in [0.25, 0.3) is 22.6 Å². The van der Waals surface area contributed by atoms with E-state index in [0.29, 0.717) is 16.7 Å². The third-order valence-electron chi connectivity index (χ3n) is 2.64. The number of carboxylic acid groups (broad SMARTS) is 1. The molecule has 0 fully saturated rings. The number of hydrogen-bond acceptors (Lipinski definition) is 6. The van der Waals surface area contributed by atoms with Crippen LogP contribution in [0.2, 0.25) is 0 Å². The molecule has 0 aliphatic carbocycles. The lowest BCUT2D eigenvalue weighted by molar-refractivity contribution is -0.133.